The molecule has 9 heteroatoms. The Balaban J connectivity index is 1.72. The molecule has 26 heavy (non-hydrogen) atoms. The van der Waals surface area contributed by atoms with Gasteiger partial charge >= 0.3 is 6.09 Å². The first-order valence-electron chi connectivity index (χ1n) is 8.00. The van der Waals surface area contributed by atoms with Crippen molar-refractivity contribution in [1.29, 1.82) is 0 Å². The number of carbonyl (C=O) groups excluding carboxylic acids is 1. The molecular formula is C17H19FN6O2. The van der Waals surface area contributed by atoms with Crippen molar-refractivity contribution in [3.63, 3.8) is 0 Å². The summed E-state index contributed by atoms with van der Waals surface area (Å²) < 4.78 is 21.1. The number of amides is 1. The first-order chi connectivity index (χ1) is 12.6. The summed E-state index contributed by atoms with van der Waals surface area (Å²) in [6.45, 7) is 0.936. The predicted molar refractivity (Wildman–Crippen MR) is 95.7 cm³/mol. The molecule has 2 aromatic rings. The number of aliphatic imine (C=N–C) groups is 1. The Morgan fingerprint density at radius 1 is 1.50 bits per heavy atom. The van der Waals surface area contributed by atoms with Gasteiger partial charge in [0.05, 0.1) is 24.5 Å². The molecule has 1 saturated heterocycles. The van der Waals surface area contributed by atoms with Gasteiger partial charge in [-0.3, -0.25) is 14.6 Å². The minimum atomic E-state index is -0.557. The lowest BCUT2D eigenvalue weighted by molar-refractivity contribution is 0.145. The predicted octanol–water partition coefficient (Wildman–Crippen LogP) is 1.55. The van der Waals surface area contributed by atoms with Crippen LogP contribution in [0, 0.1) is 5.82 Å². The number of ether oxygens (including phenoxy) is 1. The van der Waals surface area contributed by atoms with Gasteiger partial charge < -0.3 is 16.2 Å². The second kappa shape index (κ2) is 7.79. The molecule has 1 aliphatic heterocycles. The summed E-state index contributed by atoms with van der Waals surface area (Å²) in [4.78, 5) is 17.3. The second-order valence-corrected chi connectivity index (χ2v) is 5.69. The fraction of sp³-hybridized carbons (Fsp3) is 0.235. The van der Waals surface area contributed by atoms with E-state index in [1.54, 1.807) is 29.2 Å². The summed E-state index contributed by atoms with van der Waals surface area (Å²) in [7, 11) is 0. The average Bonchev–Trinajstić information content (AvgIpc) is 3.28. The van der Waals surface area contributed by atoms with E-state index < -0.39 is 11.9 Å². The van der Waals surface area contributed by atoms with Crippen LogP contribution in [0.5, 0.6) is 0 Å². The minimum absolute atomic E-state index is 0.136. The molecule has 0 aliphatic carbocycles. The molecule has 0 saturated carbocycles. The molecule has 2 heterocycles. The maximum absolute atomic E-state index is 14.4. The van der Waals surface area contributed by atoms with Crippen molar-refractivity contribution in [2.24, 2.45) is 16.5 Å². The van der Waals surface area contributed by atoms with Gasteiger partial charge in [-0.05, 0) is 24.3 Å². The molecule has 3 rings (SSSR count). The SMILES string of the molecule is N/C=C(\C=Nc1ccc(N2CC(CN)OC2=O)cc1F)Cn1cccn1. The highest BCUT2D eigenvalue weighted by Crippen LogP contribution is 2.27. The molecule has 1 atom stereocenters. The number of allylic oxidation sites excluding steroid dienone is 1. The number of rotatable bonds is 6. The molecule has 1 amide bonds. The van der Waals surface area contributed by atoms with Gasteiger partial charge in [0.15, 0.2) is 5.82 Å². The van der Waals surface area contributed by atoms with E-state index >= 15 is 0 Å². The van der Waals surface area contributed by atoms with Crippen LogP contribution in [0.3, 0.4) is 0 Å². The molecule has 1 aromatic heterocycles. The number of nitrogens with zero attached hydrogens (tertiary/aromatic N) is 4. The van der Waals surface area contributed by atoms with Crippen molar-refractivity contribution in [3.8, 4) is 0 Å². The highest BCUT2D eigenvalue weighted by atomic mass is 19.1. The number of nitrogens with two attached hydrogens (primary N) is 2. The molecular weight excluding hydrogens is 339 g/mol. The Morgan fingerprint density at radius 3 is 2.96 bits per heavy atom. The first kappa shape index (κ1) is 17.6. The van der Waals surface area contributed by atoms with E-state index in [4.69, 9.17) is 16.2 Å². The van der Waals surface area contributed by atoms with Crippen LogP contribution in [0.25, 0.3) is 0 Å². The van der Waals surface area contributed by atoms with Gasteiger partial charge in [-0.15, -0.1) is 0 Å². The van der Waals surface area contributed by atoms with Crippen LogP contribution in [-0.2, 0) is 11.3 Å². The number of hydrogen-bond acceptors (Lipinski definition) is 6. The van der Waals surface area contributed by atoms with Crippen molar-refractivity contribution >= 4 is 23.7 Å². The van der Waals surface area contributed by atoms with E-state index in [2.05, 4.69) is 10.1 Å². The highest BCUT2D eigenvalue weighted by molar-refractivity contribution is 5.90. The monoisotopic (exact) mass is 358 g/mol. The number of hydrogen-bond donors (Lipinski definition) is 2. The van der Waals surface area contributed by atoms with Gasteiger partial charge in [-0.25, -0.2) is 9.18 Å². The Kier molecular flexibility index (Phi) is 5.28. The van der Waals surface area contributed by atoms with E-state index in [1.165, 1.54) is 29.4 Å². The summed E-state index contributed by atoms with van der Waals surface area (Å²) >= 11 is 0. The van der Waals surface area contributed by atoms with Crippen molar-refractivity contribution in [2.75, 3.05) is 18.0 Å². The third-order valence-corrected chi connectivity index (χ3v) is 3.87. The van der Waals surface area contributed by atoms with Crippen LogP contribution in [-0.4, -0.2) is 41.3 Å². The van der Waals surface area contributed by atoms with Gasteiger partial charge in [0, 0.05) is 36.9 Å². The molecule has 8 nitrogen and oxygen atoms in total. The maximum Gasteiger partial charge on any atom is 0.414 e. The second-order valence-electron chi connectivity index (χ2n) is 5.69. The molecule has 0 spiro atoms. The molecule has 4 N–H and O–H groups in total. The van der Waals surface area contributed by atoms with Crippen LogP contribution in [0.15, 0.2) is 53.4 Å². The van der Waals surface area contributed by atoms with Crippen molar-refractivity contribution in [3.05, 3.63) is 54.2 Å². The minimum Gasteiger partial charge on any atom is -0.443 e. The van der Waals surface area contributed by atoms with Gasteiger partial charge in [-0.2, -0.15) is 5.10 Å². The summed E-state index contributed by atoms with van der Waals surface area (Å²) in [5.74, 6) is -0.557. The van der Waals surface area contributed by atoms with Crippen molar-refractivity contribution < 1.29 is 13.9 Å². The van der Waals surface area contributed by atoms with E-state index in [1.807, 2.05) is 0 Å². The average molecular weight is 358 g/mol. The van der Waals surface area contributed by atoms with Gasteiger partial charge in [0.1, 0.15) is 6.10 Å². The van der Waals surface area contributed by atoms with E-state index in [9.17, 15) is 9.18 Å². The molecule has 1 aliphatic rings. The zero-order valence-corrected chi connectivity index (χ0v) is 14.0. The van der Waals surface area contributed by atoms with E-state index in [0.29, 0.717) is 24.4 Å². The first-order valence-corrected chi connectivity index (χ1v) is 8.00. The Labute approximate surface area is 149 Å². The quantitative estimate of drug-likeness (QED) is 0.761. The Hall–Kier alpha value is -3.20. The number of cyclic esters (lactones) is 1. The number of benzene rings is 1. The standard InChI is InChI=1S/C17H19FN6O2/c18-15-6-13(24-11-14(8-20)26-17(24)25)2-3-16(15)21-9-12(7-19)10-23-5-1-4-22-23/h1-7,9,14H,8,10-11,19-20H2/b12-7+,21-9?. The fourth-order valence-electron chi connectivity index (χ4n) is 2.49. The van der Waals surface area contributed by atoms with Crippen LogP contribution in [0.2, 0.25) is 0 Å². The van der Waals surface area contributed by atoms with Gasteiger partial charge in [0.2, 0.25) is 0 Å². The Bertz CT molecular complexity index is 834. The number of aromatic nitrogens is 2. The number of halogens is 1. The van der Waals surface area contributed by atoms with Crippen LogP contribution in [0.1, 0.15) is 0 Å². The topological polar surface area (TPSA) is 112 Å². The van der Waals surface area contributed by atoms with Gasteiger partial charge in [-0.1, -0.05) is 0 Å². The molecule has 136 valence electrons. The zero-order chi connectivity index (χ0) is 18.5. The fourth-order valence-corrected chi connectivity index (χ4v) is 2.49. The third kappa shape index (κ3) is 3.89. The molecule has 0 bridgehead atoms. The zero-order valence-electron chi connectivity index (χ0n) is 14.0. The molecule has 1 unspecified atom stereocenters. The molecule has 1 aromatic carbocycles. The normalized spacial score (nSPS) is 17.9. The lowest BCUT2D eigenvalue weighted by Crippen LogP contribution is -2.27. The maximum atomic E-state index is 14.4. The lowest BCUT2D eigenvalue weighted by atomic mass is 10.2. The molecule has 0 radical (unpaired) electrons. The largest absolute Gasteiger partial charge is 0.443 e. The van der Waals surface area contributed by atoms with Crippen LogP contribution in [0.4, 0.5) is 20.6 Å². The van der Waals surface area contributed by atoms with Crippen LogP contribution >= 0.6 is 0 Å². The summed E-state index contributed by atoms with van der Waals surface area (Å²) in [6, 6.07) is 6.13. The number of anilines is 1. The third-order valence-electron chi connectivity index (χ3n) is 3.87. The van der Waals surface area contributed by atoms with Gasteiger partial charge in [0.25, 0.3) is 0 Å². The van der Waals surface area contributed by atoms with Crippen molar-refractivity contribution in [2.45, 2.75) is 12.6 Å². The summed E-state index contributed by atoms with van der Waals surface area (Å²) in [6.07, 6.45) is 5.39. The van der Waals surface area contributed by atoms with E-state index in [0.717, 1.165) is 0 Å². The van der Waals surface area contributed by atoms with E-state index in [-0.39, 0.29) is 18.3 Å². The Morgan fingerprint density at radius 2 is 2.35 bits per heavy atom. The summed E-state index contributed by atoms with van der Waals surface area (Å²) in [5.41, 5.74) is 12.3. The summed E-state index contributed by atoms with van der Waals surface area (Å²) in [5, 5.41) is 4.08. The number of carbonyl (C=O) groups is 1. The van der Waals surface area contributed by atoms with Crippen LogP contribution < -0.4 is 16.4 Å². The lowest BCUT2D eigenvalue weighted by Gasteiger charge is -2.13. The molecule has 1 fully saturated rings. The highest BCUT2D eigenvalue weighted by Gasteiger charge is 2.31. The van der Waals surface area contributed by atoms with Crippen molar-refractivity contribution in [1.82, 2.24) is 9.78 Å². The smallest absolute Gasteiger partial charge is 0.414 e.